The molecule has 0 saturated carbocycles. The van der Waals surface area contributed by atoms with E-state index in [4.69, 9.17) is 23.2 Å². The number of nitrogens with zero attached hydrogens (tertiary/aromatic N) is 2. The number of alkyl halides is 3. The first kappa shape index (κ1) is 15.0. The zero-order valence-corrected chi connectivity index (χ0v) is 11.8. The van der Waals surface area contributed by atoms with Crippen LogP contribution >= 0.6 is 23.2 Å². The minimum Gasteiger partial charge on any atom is -0.364 e. The third-order valence-electron chi connectivity index (χ3n) is 2.71. The molecule has 0 unspecified atom stereocenters. The normalized spacial score (nSPS) is 11.7. The Morgan fingerprint density at radius 3 is 2.55 bits per heavy atom. The van der Waals surface area contributed by atoms with Crippen molar-refractivity contribution >= 4 is 29.0 Å². The maximum Gasteiger partial charge on any atom is 0.433 e. The zero-order valence-electron chi connectivity index (χ0n) is 10.3. The van der Waals surface area contributed by atoms with Crippen LogP contribution in [-0.2, 0) is 19.8 Å². The molecule has 0 atom stereocenters. The molecule has 8 heteroatoms. The second-order valence-corrected chi connectivity index (χ2v) is 4.86. The topological polar surface area (TPSA) is 29.9 Å². The summed E-state index contributed by atoms with van der Waals surface area (Å²) in [4.78, 5) is 3.51. The summed E-state index contributed by atoms with van der Waals surface area (Å²) in [5.41, 5.74) is -0.204. The molecule has 0 saturated heterocycles. The van der Waals surface area contributed by atoms with Crippen LogP contribution in [0.3, 0.4) is 0 Å². The van der Waals surface area contributed by atoms with Crippen molar-refractivity contribution in [1.29, 1.82) is 0 Å². The molecule has 3 nitrogen and oxygen atoms in total. The molecule has 2 heterocycles. The van der Waals surface area contributed by atoms with Crippen LogP contribution < -0.4 is 5.32 Å². The number of hydrogen-bond donors (Lipinski definition) is 1. The van der Waals surface area contributed by atoms with E-state index < -0.39 is 11.9 Å². The average molecular weight is 324 g/mol. The number of hydrogen-bond acceptors (Lipinski definition) is 2. The molecule has 108 valence electrons. The highest BCUT2D eigenvalue weighted by molar-refractivity contribution is 6.41. The van der Waals surface area contributed by atoms with Crippen LogP contribution in [0.5, 0.6) is 0 Å². The number of pyridine rings is 1. The number of aromatic nitrogens is 2. The van der Waals surface area contributed by atoms with E-state index in [1.165, 1.54) is 12.1 Å². The van der Waals surface area contributed by atoms with Gasteiger partial charge in [0.25, 0.3) is 0 Å². The lowest BCUT2D eigenvalue weighted by atomic mass is 10.3. The first-order chi connectivity index (χ1) is 9.29. The Hall–Kier alpha value is -1.40. The Bertz CT molecular complexity index is 623. The fraction of sp³-hybridized carbons (Fsp3) is 0.250. The second kappa shape index (κ2) is 5.54. The van der Waals surface area contributed by atoms with Crippen molar-refractivity contribution in [3.8, 4) is 0 Å². The van der Waals surface area contributed by atoms with Crippen LogP contribution in [0.4, 0.5) is 19.0 Å². The predicted molar refractivity (Wildman–Crippen MR) is 72.0 cm³/mol. The monoisotopic (exact) mass is 323 g/mol. The molecule has 0 aliphatic heterocycles. The van der Waals surface area contributed by atoms with E-state index in [9.17, 15) is 13.2 Å². The van der Waals surface area contributed by atoms with Crippen molar-refractivity contribution in [1.82, 2.24) is 9.55 Å². The van der Waals surface area contributed by atoms with Crippen molar-refractivity contribution in [3.63, 3.8) is 0 Å². The minimum atomic E-state index is -4.46. The predicted octanol–water partition coefficient (Wildman–Crippen LogP) is 4.36. The molecule has 0 aliphatic rings. The van der Waals surface area contributed by atoms with E-state index in [1.54, 1.807) is 17.7 Å². The number of rotatable bonds is 3. The molecule has 0 aromatic carbocycles. The molecule has 0 fully saturated rings. The Morgan fingerprint density at radius 2 is 2.00 bits per heavy atom. The molecule has 2 aromatic heterocycles. The molecule has 0 spiro atoms. The average Bonchev–Trinajstić information content (AvgIpc) is 2.63. The van der Waals surface area contributed by atoms with E-state index in [2.05, 4.69) is 10.3 Å². The van der Waals surface area contributed by atoms with Crippen molar-refractivity contribution < 1.29 is 13.2 Å². The number of halogens is 5. The van der Waals surface area contributed by atoms with Crippen molar-refractivity contribution in [2.45, 2.75) is 12.7 Å². The van der Waals surface area contributed by atoms with Crippen molar-refractivity contribution in [3.05, 3.63) is 45.8 Å². The SMILES string of the molecule is Cn1c(CNc2cccc(C(F)(F)F)n2)cc(Cl)c1Cl. The fourth-order valence-electron chi connectivity index (χ4n) is 1.63. The summed E-state index contributed by atoms with van der Waals surface area (Å²) >= 11 is 11.8. The summed E-state index contributed by atoms with van der Waals surface area (Å²) in [6.45, 7) is 0.261. The molecule has 0 radical (unpaired) electrons. The van der Waals surface area contributed by atoms with Crippen molar-refractivity contribution in [2.24, 2.45) is 7.05 Å². The summed E-state index contributed by atoms with van der Waals surface area (Å²) in [7, 11) is 1.71. The van der Waals surface area contributed by atoms with Gasteiger partial charge >= 0.3 is 6.18 Å². The molecule has 0 aliphatic carbocycles. The summed E-state index contributed by atoms with van der Waals surface area (Å²) in [5.74, 6) is 0.133. The van der Waals surface area contributed by atoms with Gasteiger partial charge in [0.1, 0.15) is 16.7 Å². The molecular formula is C12H10Cl2F3N3. The molecule has 1 N–H and O–H groups in total. The Morgan fingerprint density at radius 1 is 1.30 bits per heavy atom. The number of anilines is 1. The van der Waals surface area contributed by atoms with Gasteiger partial charge in [-0.25, -0.2) is 4.98 Å². The van der Waals surface area contributed by atoms with Crippen LogP contribution in [0.15, 0.2) is 24.3 Å². The van der Waals surface area contributed by atoms with E-state index in [1.807, 2.05) is 0 Å². The van der Waals surface area contributed by atoms with Crippen LogP contribution in [0.1, 0.15) is 11.4 Å². The largest absolute Gasteiger partial charge is 0.433 e. The highest BCUT2D eigenvalue weighted by Gasteiger charge is 2.32. The highest BCUT2D eigenvalue weighted by Crippen LogP contribution is 2.28. The van der Waals surface area contributed by atoms with E-state index >= 15 is 0 Å². The lowest BCUT2D eigenvalue weighted by Gasteiger charge is -2.10. The molecule has 0 bridgehead atoms. The maximum absolute atomic E-state index is 12.5. The van der Waals surface area contributed by atoms with Gasteiger partial charge in [0.15, 0.2) is 0 Å². The van der Waals surface area contributed by atoms with Gasteiger partial charge in [-0.2, -0.15) is 13.2 Å². The van der Waals surface area contributed by atoms with Gasteiger partial charge in [-0.05, 0) is 18.2 Å². The Labute approximate surface area is 123 Å². The molecule has 2 aromatic rings. The summed E-state index contributed by atoms with van der Waals surface area (Å²) < 4.78 is 39.2. The van der Waals surface area contributed by atoms with Gasteiger partial charge in [-0.15, -0.1) is 0 Å². The summed E-state index contributed by atoms with van der Waals surface area (Å²) in [5, 5.41) is 3.57. The number of nitrogens with one attached hydrogen (secondary N) is 1. The van der Waals surface area contributed by atoms with Crippen LogP contribution in [0.25, 0.3) is 0 Å². The van der Waals surface area contributed by atoms with Gasteiger partial charge < -0.3 is 9.88 Å². The fourth-order valence-corrected chi connectivity index (χ4v) is 2.05. The molecule has 2 rings (SSSR count). The first-order valence-electron chi connectivity index (χ1n) is 5.57. The maximum atomic E-state index is 12.5. The van der Waals surface area contributed by atoms with Crippen LogP contribution in [-0.4, -0.2) is 9.55 Å². The highest BCUT2D eigenvalue weighted by atomic mass is 35.5. The first-order valence-corrected chi connectivity index (χ1v) is 6.32. The van der Waals surface area contributed by atoms with Crippen LogP contribution in [0, 0.1) is 0 Å². The van der Waals surface area contributed by atoms with E-state index in [-0.39, 0.29) is 12.4 Å². The molecule has 0 amide bonds. The lowest BCUT2D eigenvalue weighted by molar-refractivity contribution is -0.141. The quantitative estimate of drug-likeness (QED) is 0.909. The van der Waals surface area contributed by atoms with Gasteiger partial charge in [-0.3, -0.25) is 0 Å². The Kier molecular flexibility index (Phi) is 4.15. The van der Waals surface area contributed by atoms with Crippen molar-refractivity contribution in [2.75, 3.05) is 5.32 Å². The van der Waals surface area contributed by atoms with Gasteiger partial charge in [0.2, 0.25) is 0 Å². The summed E-state index contributed by atoms with van der Waals surface area (Å²) in [6.07, 6.45) is -4.46. The van der Waals surface area contributed by atoms with Gasteiger partial charge in [0, 0.05) is 12.7 Å². The molecular weight excluding hydrogens is 314 g/mol. The van der Waals surface area contributed by atoms with E-state index in [0.717, 1.165) is 11.8 Å². The lowest BCUT2D eigenvalue weighted by Crippen LogP contribution is -2.11. The Balaban J connectivity index is 2.13. The van der Waals surface area contributed by atoms with Crippen LogP contribution in [0.2, 0.25) is 10.2 Å². The standard InChI is InChI=1S/C12H10Cl2F3N3/c1-20-7(5-8(13)11(20)14)6-18-10-4-2-3-9(19-10)12(15,16)17/h2-5H,6H2,1H3,(H,18,19). The third-order valence-corrected chi connectivity index (χ3v) is 3.55. The van der Waals surface area contributed by atoms with Gasteiger partial charge in [-0.1, -0.05) is 29.3 Å². The zero-order chi connectivity index (χ0) is 14.9. The van der Waals surface area contributed by atoms with Gasteiger partial charge in [0.05, 0.1) is 11.6 Å². The second-order valence-electron chi connectivity index (χ2n) is 4.09. The minimum absolute atomic E-state index is 0.133. The van der Waals surface area contributed by atoms with E-state index in [0.29, 0.717) is 10.2 Å². The molecule has 20 heavy (non-hydrogen) atoms. The third kappa shape index (κ3) is 3.19. The summed E-state index contributed by atoms with van der Waals surface area (Å²) in [6, 6.07) is 5.32. The smallest absolute Gasteiger partial charge is 0.364 e.